The molecular weight excluding hydrogens is 254 g/mol. The van der Waals surface area contributed by atoms with Gasteiger partial charge in [0.25, 0.3) is 0 Å². The first-order chi connectivity index (χ1) is 9.75. The third-order valence-corrected chi connectivity index (χ3v) is 3.57. The highest BCUT2D eigenvalue weighted by Crippen LogP contribution is 2.28. The lowest BCUT2D eigenvalue weighted by Crippen LogP contribution is -2.42. The van der Waals surface area contributed by atoms with E-state index < -0.39 is 0 Å². The van der Waals surface area contributed by atoms with Crippen LogP contribution in [0, 0.1) is 6.92 Å². The third kappa shape index (κ3) is 2.47. The summed E-state index contributed by atoms with van der Waals surface area (Å²) in [6.07, 6.45) is -0.303. The Kier molecular flexibility index (Phi) is 3.56. The zero-order chi connectivity index (χ0) is 13.9. The van der Waals surface area contributed by atoms with Gasteiger partial charge >= 0.3 is 6.09 Å². The van der Waals surface area contributed by atoms with E-state index in [0.717, 1.165) is 10.8 Å². The van der Waals surface area contributed by atoms with Gasteiger partial charge < -0.3 is 14.4 Å². The fraction of sp³-hybridized carbons (Fsp3) is 0.312. The molecule has 20 heavy (non-hydrogen) atoms. The Morgan fingerprint density at radius 2 is 1.80 bits per heavy atom. The third-order valence-electron chi connectivity index (χ3n) is 3.57. The number of hydrogen-bond acceptors (Lipinski definition) is 3. The quantitative estimate of drug-likeness (QED) is 0.800. The van der Waals surface area contributed by atoms with E-state index in [-0.39, 0.29) is 6.09 Å². The van der Waals surface area contributed by atoms with E-state index in [2.05, 4.69) is 6.92 Å². The average Bonchev–Trinajstić information content (AvgIpc) is 2.51. The van der Waals surface area contributed by atoms with Gasteiger partial charge in [0.2, 0.25) is 0 Å². The Morgan fingerprint density at radius 3 is 2.55 bits per heavy atom. The van der Waals surface area contributed by atoms with E-state index >= 15 is 0 Å². The molecule has 0 atom stereocenters. The molecule has 0 spiro atoms. The molecule has 1 fully saturated rings. The van der Waals surface area contributed by atoms with Gasteiger partial charge in [-0.15, -0.1) is 0 Å². The fourth-order valence-corrected chi connectivity index (χ4v) is 2.42. The highest BCUT2D eigenvalue weighted by atomic mass is 16.6. The molecule has 1 heterocycles. The van der Waals surface area contributed by atoms with E-state index in [1.54, 1.807) is 4.90 Å². The van der Waals surface area contributed by atoms with Crippen molar-refractivity contribution in [3.8, 4) is 5.75 Å². The predicted octanol–water partition coefficient (Wildman–Crippen LogP) is 2.98. The fourth-order valence-electron chi connectivity index (χ4n) is 2.42. The van der Waals surface area contributed by atoms with Gasteiger partial charge in [-0.3, -0.25) is 0 Å². The van der Waals surface area contributed by atoms with Crippen molar-refractivity contribution in [1.29, 1.82) is 0 Å². The minimum atomic E-state index is -0.303. The molecule has 104 valence electrons. The van der Waals surface area contributed by atoms with E-state index in [4.69, 9.17) is 9.47 Å². The first kappa shape index (κ1) is 12.9. The first-order valence-electron chi connectivity index (χ1n) is 6.78. The number of ether oxygens (including phenoxy) is 2. The average molecular weight is 271 g/mol. The zero-order valence-corrected chi connectivity index (χ0v) is 11.5. The highest BCUT2D eigenvalue weighted by Gasteiger charge is 2.19. The summed E-state index contributed by atoms with van der Waals surface area (Å²) < 4.78 is 10.8. The van der Waals surface area contributed by atoms with Crippen LogP contribution in [-0.2, 0) is 4.74 Å². The van der Waals surface area contributed by atoms with Crippen LogP contribution in [0.4, 0.5) is 4.79 Å². The highest BCUT2D eigenvalue weighted by molar-refractivity contribution is 5.92. The lowest BCUT2D eigenvalue weighted by Gasteiger charge is -2.26. The molecular formula is C16H17NO3. The van der Waals surface area contributed by atoms with Crippen molar-refractivity contribution >= 4 is 16.9 Å². The molecule has 2 aromatic rings. The molecule has 0 aromatic heterocycles. The number of fused-ring (bicyclic) bond motifs is 1. The van der Waals surface area contributed by atoms with Crippen molar-refractivity contribution in [2.24, 2.45) is 0 Å². The molecule has 0 N–H and O–H groups in total. The van der Waals surface area contributed by atoms with Gasteiger partial charge in [0.05, 0.1) is 13.2 Å². The van der Waals surface area contributed by atoms with Crippen LogP contribution in [0.25, 0.3) is 10.8 Å². The Bertz CT molecular complexity index is 633. The number of carbonyl (C=O) groups excluding carboxylic acids is 1. The van der Waals surface area contributed by atoms with E-state index in [1.165, 1.54) is 5.56 Å². The molecule has 3 rings (SSSR count). The summed E-state index contributed by atoms with van der Waals surface area (Å²) in [4.78, 5) is 13.8. The first-order valence-corrected chi connectivity index (χ1v) is 6.78. The molecule has 4 heteroatoms. The van der Waals surface area contributed by atoms with Crippen molar-refractivity contribution in [2.45, 2.75) is 6.92 Å². The molecule has 0 saturated carbocycles. The molecule has 1 amide bonds. The van der Waals surface area contributed by atoms with Gasteiger partial charge in [-0.25, -0.2) is 4.79 Å². The number of nitrogens with zero attached hydrogens (tertiary/aromatic N) is 1. The van der Waals surface area contributed by atoms with Crippen molar-refractivity contribution in [3.63, 3.8) is 0 Å². The number of rotatable bonds is 1. The van der Waals surface area contributed by atoms with Crippen molar-refractivity contribution in [2.75, 3.05) is 26.3 Å². The Labute approximate surface area is 117 Å². The van der Waals surface area contributed by atoms with Crippen LogP contribution in [0.15, 0.2) is 36.4 Å². The minimum Gasteiger partial charge on any atom is -0.410 e. The summed E-state index contributed by atoms with van der Waals surface area (Å²) in [5, 5.41) is 2.08. The molecule has 1 aliphatic rings. The van der Waals surface area contributed by atoms with Crippen LogP contribution in [0.3, 0.4) is 0 Å². The van der Waals surface area contributed by atoms with Crippen molar-refractivity contribution in [1.82, 2.24) is 4.90 Å². The second kappa shape index (κ2) is 5.51. The van der Waals surface area contributed by atoms with Crippen molar-refractivity contribution < 1.29 is 14.3 Å². The van der Waals surface area contributed by atoms with Gasteiger partial charge in [0, 0.05) is 18.5 Å². The predicted molar refractivity (Wildman–Crippen MR) is 77.1 cm³/mol. The SMILES string of the molecule is Cc1ccc(OC(=O)N2CCOCC2)c2ccccc12. The maximum atomic E-state index is 12.1. The van der Waals surface area contributed by atoms with Crippen LogP contribution < -0.4 is 4.74 Å². The lowest BCUT2D eigenvalue weighted by molar-refractivity contribution is 0.0417. The van der Waals surface area contributed by atoms with E-state index in [9.17, 15) is 4.79 Å². The maximum Gasteiger partial charge on any atom is 0.415 e. The molecule has 2 aromatic carbocycles. The van der Waals surface area contributed by atoms with Crippen LogP contribution >= 0.6 is 0 Å². The summed E-state index contributed by atoms with van der Waals surface area (Å²) in [6.45, 7) is 4.37. The number of hydrogen-bond donors (Lipinski definition) is 0. The van der Waals surface area contributed by atoms with Gasteiger partial charge in [0.15, 0.2) is 0 Å². The Hall–Kier alpha value is -2.07. The lowest BCUT2D eigenvalue weighted by atomic mass is 10.1. The monoisotopic (exact) mass is 271 g/mol. The molecule has 0 bridgehead atoms. The maximum absolute atomic E-state index is 12.1. The zero-order valence-electron chi connectivity index (χ0n) is 11.5. The largest absolute Gasteiger partial charge is 0.415 e. The summed E-state index contributed by atoms with van der Waals surface area (Å²) in [5.41, 5.74) is 1.17. The smallest absolute Gasteiger partial charge is 0.410 e. The summed E-state index contributed by atoms with van der Waals surface area (Å²) >= 11 is 0. The normalized spacial score (nSPS) is 15.3. The number of carbonyl (C=O) groups is 1. The van der Waals surface area contributed by atoms with Gasteiger partial charge in [-0.2, -0.15) is 0 Å². The van der Waals surface area contributed by atoms with Crippen LogP contribution in [0.5, 0.6) is 5.75 Å². The van der Waals surface area contributed by atoms with E-state index in [0.29, 0.717) is 32.1 Å². The summed E-state index contributed by atoms with van der Waals surface area (Å²) in [7, 11) is 0. The van der Waals surface area contributed by atoms with Crippen molar-refractivity contribution in [3.05, 3.63) is 42.0 Å². The van der Waals surface area contributed by atoms with Crippen LogP contribution in [0.1, 0.15) is 5.56 Å². The molecule has 0 aliphatic carbocycles. The van der Waals surface area contributed by atoms with Crippen LogP contribution in [0.2, 0.25) is 0 Å². The number of amides is 1. The topological polar surface area (TPSA) is 38.8 Å². The summed E-state index contributed by atoms with van der Waals surface area (Å²) in [6, 6.07) is 11.8. The number of aryl methyl sites for hydroxylation is 1. The van der Waals surface area contributed by atoms with Gasteiger partial charge in [-0.1, -0.05) is 30.3 Å². The minimum absolute atomic E-state index is 0.303. The molecule has 4 nitrogen and oxygen atoms in total. The summed E-state index contributed by atoms with van der Waals surface area (Å²) in [5.74, 6) is 0.614. The van der Waals surface area contributed by atoms with Crippen LogP contribution in [-0.4, -0.2) is 37.3 Å². The molecule has 1 saturated heterocycles. The van der Waals surface area contributed by atoms with E-state index in [1.807, 2.05) is 36.4 Å². The standard InChI is InChI=1S/C16H17NO3/c1-12-6-7-15(14-5-3-2-4-13(12)14)20-16(18)17-8-10-19-11-9-17/h2-7H,8-11H2,1H3. The van der Waals surface area contributed by atoms with Gasteiger partial charge in [0.1, 0.15) is 5.75 Å². The second-order valence-corrected chi connectivity index (χ2v) is 4.89. The number of morpholine rings is 1. The molecule has 0 radical (unpaired) electrons. The molecule has 0 unspecified atom stereocenters. The Balaban J connectivity index is 1.87. The number of benzene rings is 2. The second-order valence-electron chi connectivity index (χ2n) is 4.89. The molecule has 1 aliphatic heterocycles. The Morgan fingerprint density at radius 1 is 1.10 bits per heavy atom. The van der Waals surface area contributed by atoms with Gasteiger partial charge in [-0.05, 0) is 23.9 Å².